The number of carbonyl (C=O) groups is 3. The lowest BCUT2D eigenvalue weighted by atomic mass is 9.87. The van der Waals surface area contributed by atoms with Gasteiger partial charge in [0.15, 0.2) is 18.2 Å². The molecule has 0 spiro atoms. The third kappa shape index (κ3) is 7.15. The molecule has 2 aromatic rings. The smallest absolute Gasteiger partial charge is 0.335 e. The molecule has 2 aromatic carbocycles. The molecule has 0 bridgehead atoms. The van der Waals surface area contributed by atoms with E-state index in [1.54, 1.807) is 30.3 Å². The minimum absolute atomic E-state index is 0.0509. The predicted octanol–water partition coefficient (Wildman–Crippen LogP) is 1.65. The summed E-state index contributed by atoms with van der Waals surface area (Å²) in [5.74, 6) is -1.02. The van der Waals surface area contributed by atoms with Gasteiger partial charge in [0.2, 0.25) is 0 Å². The van der Waals surface area contributed by atoms with E-state index in [0.29, 0.717) is 23.6 Å². The molecule has 226 valence electrons. The summed E-state index contributed by atoms with van der Waals surface area (Å²) >= 11 is 0. The summed E-state index contributed by atoms with van der Waals surface area (Å²) in [5.41, 5.74) is 4.84. The van der Waals surface area contributed by atoms with E-state index >= 15 is 0 Å². The number of ketones is 1. The monoisotopic (exact) mass is 584 g/mol. The number of urea groups is 1. The molecule has 1 aliphatic carbocycles. The number of amides is 2. The van der Waals surface area contributed by atoms with E-state index < -0.39 is 42.7 Å². The fourth-order valence-electron chi connectivity index (χ4n) is 5.01. The molecule has 12 heteroatoms. The predicted molar refractivity (Wildman–Crippen MR) is 151 cm³/mol. The number of ether oxygens (including phenoxy) is 3. The van der Waals surface area contributed by atoms with Crippen LogP contribution in [0.3, 0.4) is 0 Å². The largest absolute Gasteiger partial charge is 0.494 e. The Bertz CT molecular complexity index is 1340. The minimum Gasteiger partial charge on any atom is -0.494 e. The molecule has 5 N–H and O–H groups in total. The zero-order valence-corrected chi connectivity index (χ0v) is 23.6. The molecule has 0 aromatic heterocycles. The third-order valence-electron chi connectivity index (χ3n) is 7.20. The SMILES string of the molecule is CCOc1ccc(NC(=O)N(CCO[C@@H]2O[C@H](C(=O)O)[C@@H](O)[C@H](O)[C@H]2O)CC2=Cc3cc(C)cc(C)c3CC2=O)cc1. The fourth-order valence-corrected chi connectivity index (χ4v) is 5.01. The number of hydrogen-bond acceptors (Lipinski definition) is 9. The van der Waals surface area contributed by atoms with Crippen molar-refractivity contribution in [3.63, 3.8) is 0 Å². The number of fused-ring (bicyclic) bond motifs is 1. The third-order valence-corrected chi connectivity index (χ3v) is 7.20. The van der Waals surface area contributed by atoms with Crippen molar-refractivity contribution in [2.45, 2.75) is 57.9 Å². The zero-order valence-electron chi connectivity index (χ0n) is 23.6. The molecular weight excluding hydrogens is 548 g/mol. The molecule has 0 saturated carbocycles. The lowest BCUT2D eigenvalue weighted by Gasteiger charge is -2.38. The van der Waals surface area contributed by atoms with Crippen LogP contribution in [0.25, 0.3) is 6.08 Å². The molecule has 2 amide bonds. The van der Waals surface area contributed by atoms with Gasteiger partial charge in [-0.1, -0.05) is 17.7 Å². The molecule has 2 aliphatic rings. The Labute approximate surface area is 243 Å². The molecule has 0 radical (unpaired) electrons. The second-order valence-corrected chi connectivity index (χ2v) is 10.3. The van der Waals surface area contributed by atoms with E-state index in [1.807, 2.05) is 32.9 Å². The number of nitrogens with one attached hydrogen (secondary N) is 1. The number of aliphatic hydroxyl groups is 3. The van der Waals surface area contributed by atoms with Crippen LogP contribution < -0.4 is 10.1 Å². The van der Waals surface area contributed by atoms with Crippen molar-refractivity contribution < 1.29 is 49.0 Å². The van der Waals surface area contributed by atoms with Crippen LogP contribution >= 0.6 is 0 Å². The Balaban J connectivity index is 1.51. The molecule has 0 unspecified atom stereocenters. The lowest BCUT2D eigenvalue weighted by Crippen LogP contribution is -2.60. The van der Waals surface area contributed by atoms with Crippen LogP contribution in [0.15, 0.2) is 42.0 Å². The van der Waals surface area contributed by atoms with Crippen LogP contribution in [-0.2, 0) is 25.5 Å². The van der Waals surface area contributed by atoms with Crippen LogP contribution in [0, 0.1) is 13.8 Å². The molecule has 5 atom stereocenters. The van der Waals surface area contributed by atoms with Crippen molar-refractivity contribution in [1.29, 1.82) is 0 Å². The Hall–Kier alpha value is -3.81. The maximum Gasteiger partial charge on any atom is 0.335 e. The maximum absolute atomic E-state index is 13.4. The highest BCUT2D eigenvalue weighted by Crippen LogP contribution is 2.27. The van der Waals surface area contributed by atoms with Gasteiger partial charge >= 0.3 is 12.0 Å². The summed E-state index contributed by atoms with van der Waals surface area (Å²) in [6.07, 6.45) is -6.81. The van der Waals surface area contributed by atoms with Crippen molar-refractivity contribution >= 4 is 29.5 Å². The van der Waals surface area contributed by atoms with E-state index in [9.17, 15) is 34.8 Å². The highest BCUT2D eigenvalue weighted by atomic mass is 16.7. The molecule has 42 heavy (non-hydrogen) atoms. The van der Waals surface area contributed by atoms with E-state index in [2.05, 4.69) is 5.32 Å². The Morgan fingerprint density at radius 2 is 1.79 bits per heavy atom. The van der Waals surface area contributed by atoms with Crippen molar-refractivity contribution in [1.82, 2.24) is 4.90 Å². The number of hydrogen-bond donors (Lipinski definition) is 5. The van der Waals surface area contributed by atoms with Crippen molar-refractivity contribution in [2.24, 2.45) is 0 Å². The molecule has 1 fully saturated rings. The Morgan fingerprint density at radius 3 is 2.45 bits per heavy atom. The first kappa shape index (κ1) is 31.1. The van der Waals surface area contributed by atoms with Gasteiger partial charge in [0.25, 0.3) is 0 Å². The van der Waals surface area contributed by atoms with Gasteiger partial charge in [0.1, 0.15) is 24.1 Å². The Morgan fingerprint density at radius 1 is 1.07 bits per heavy atom. The van der Waals surface area contributed by atoms with Gasteiger partial charge in [-0.3, -0.25) is 4.79 Å². The average Bonchev–Trinajstić information content (AvgIpc) is 2.94. The molecule has 1 saturated heterocycles. The van der Waals surface area contributed by atoms with Crippen LogP contribution in [0.1, 0.15) is 29.2 Å². The highest BCUT2D eigenvalue weighted by molar-refractivity contribution is 6.05. The number of aryl methyl sites for hydroxylation is 2. The van der Waals surface area contributed by atoms with Crippen molar-refractivity contribution in [3.05, 3.63) is 64.2 Å². The number of aliphatic hydroxyl groups excluding tert-OH is 3. The number of aliphatic carboxylic acids is 1. The number of carboxylic acid groups (broad SMARTS) is 1. The number of Topliss-reactive ketones (excluding diaryl/α,β-unsaturated/α-hetero) is 1. The number of carbonyl (C=O) groups excluding carboxylic acids is 2. The number of carboxylic acids is 1. The lowest BCUT2D eigenvalue weighted by molar-refractivity contribution is -0.294. The summed E-state index contributed by atoms with van der Waals surface area (Å²) in [7, 11) is 0. The molecular formula is C30H36N2O10. The number of rotatable bonds is 10. The quantitative estimate of drug-likeness (QED) is 0.276. The first-order valence-electron chi connectivity index (χ1n) is 13.6. The average molecular weight is 585 g/mol. The van der Waals surface area contributed by atoms with Gasteiger partial charge < -0.3 is 44.9 Å². The first-order chi connectivity index (χ1) is 20.0. The van der Waals surface area contributed by atoms with Crippen LogP contribution in [0.2, 0.25) is 0 Å². The summed E-state index contributed by atoms with van der Waals surface area (Å²) < 4.78 is 16.1. The normalized spacial score (nSPS) is 23.5. The zero-order chi connectivity index (χ0) is 30.6. The topological polar surface area (TPSA) is 175 Å². The van der Waals surface area contributed by atoms with E-state index in [0.717, 1.165) is 22.3 Å². The molecule has 12 nitrogen and oxygen atoms in total. The van der Waals surface area contributed by atoms with Crippen LogP contribution in [0.4, 0.5) is 10.5 Å². The number of benzene rings is 2. The minimum atomic E-state index is -1.85. The van der Waals surface area contributed by atoms with E-state index in [1.165, 1.54) is 4.90 Å². The van der Waals surface area contributed by atoms with Gasteiger partial charge in [-0.25, -0.2) is 9.59 Å². The summed E-state index contributed by atoms with van der Waals surface area (Å²) in [6, 6.07) is 10.2. The Kier molecular flexibility index (Phi) is 9.97. The fraction of sp³-hybridized carbons (Fsp3) is 0.433. The highest BCUT2D eigenvalue weighted by Gasteiger charge is 2.47. The van der Waals surface area contributed by atoms with Gasteiger partial charge in [-0.15, -0.1) is 0 Å². The van der Waals surface area contributed by atoms with Gasteiger partial charge in [0.05, 0.1) is 19.8 Å². The van der Waals surface area contributed by atoms with Crippen molar-refractivity contribution in [3.8, 4) is 5.75 Å². The maximum atomic E-state index is 13.4. The van der Waals surface area contributed by atoms with Crippen molar-refractivity contribution in [2.75, 3.05) is 31.6 Å². The molecule has 1 heterocycles. The van der Waals surface area contributed by atoms with Gasteiger partial charge in [-0.2, -0.15) is 0 Å². The molecule has 4 rings (SSSR count). The summed E-state index contributed by atoms with van der Waals surface area (Å²) in [5, 5.41) is 42.3. The van der Waals surface area contributed by atoms with Crippen LogP contribution in [0.5, 0.6) is 5.75 Å². The summed E-state index contributed by atoms with van der Waals surface area (Å²) in [4.78, 5) is 39.3. The summed E-state index contributed by atoms with van der Waals surface area (Å²) in [6.45, 7) is 5.90. The van der Waals surface area contributed by atoms with Gasteiger partial charge in [0, 0.05) is 24.2 Å². The second kappa shape index (κ2) is 13.4. The number of nitrogens with zero attached hydrogens (tertiary/aromatic N) is 1. The second-order valence-electron chi connectivity index (χ2n) is 10.3. The number of anilines is 1. The van der Waals surface area contributed by atoms with Crippen LogP contribution in [-0.4, -0.2) is 100 Å². The molecule has 1 aliphatic heterocycles. The van der Waals surface area contributed by atoms with E-state index in [-0.39, 0.29) is 31.9 Å². The van der Waals surface area contributed by atoms with Gasteiger partial charge in [-0.05, 0) is 67.8 Å². The standard InChI is InChI=1S/C30H36N2O10/c1-4-40-21-7-5-20(6-8-21)31-30(39)32(9-10-41-29-26(36)24(34)25(35)27(42-29)28(37)38)15-19-13-18-12-16(2)11-17(3)22(18)14-23(19)33/h5-8,11-13,24-27,29,34-36H,4,9-10,14-15H2,1-3H3,(H,31,39)(H,37,38)/t24-,25-,26+,27-,29+/m0/s1. The first-order valence-corrected chi connectivity index (χ1v) is 13.6. The van der Waals surface area contributed by atoms with E-state index in [4.69, 9.17) is 14.2 Å².